The third kappa shape index (κ3) is 2.68. The van der Waals surface area contributed by atoms with Crippen LogP contribution in [0.1, 0.15) is 38.2 Å². The van der Waals surface area contributed by atoms with Crippen LogP contribution in [0.2, 0.25) is 0 Å². The monoisotopic (exact) mass is 283 g/mol. The van der Waals surface area contributed by atoms with Gasteiger partial charge in [0.25, 0.3) is 0 Å². The van der Waals surface area contributed by atoms with E-state index >= 15 is 0 Å². The van der Waals surface area contributed by atoms with Crippen LogP contribution in [0.15, 0.2) is 18.2 Å². The molecule has 110 valence electrons. The summed E-state index contributed by atoms with van der Waals surface area (Å²) >= 11 is 0. The van der Waals surface area contributed by atoms with E-state index in [0.29, 0.717) is 24.9 Å². The van der Waals surface area contributed by atoms with E-state index in [1.165, 1.54) is 12.1 Å². The molecule has 1 unspecified atom stereocenters. The standard InChI is InChI=1S/C15H19F2NO2/c1-2-6-15(14(19)20)7-3-8-18(15)10-11-4-5-12(16)9-13(11)17/h4-5,9H,2-3,6-8,10H2,1H3,(H,19,20). The van der Waals surface area contributed by atoms with Gasteiger partial charge < -0.3 is 5.11 Å². The highest BCUT2D eigenvalue weighted by Gasteiger charge is 2.46. The Kier molecular flexibility index (Phi) is 4.38. The van der Waals surface area contributed by atoms with E-state index in [2.05, 4.69) is 0 Å². The molecule has 0 saturated carbocycles. The lowest BCUT2D eigenvalue weighted by Crippen LogP contribution is -2.50. The number of hydrogen-bond donors (Lipinski definition) is 1. The van der Waals surface area contributed by atoms with Crippen LogP contribution >= 0.6 is 0 Å². The van der Waals surface area contributed by atoms with Crippen LogP contribution in [-0.4, -0.2) is 28.1 Å². The highest BCUT2D eigenvalue weighted by atomic mass is 19.1. The molecule has 0 amide bonds. The number of carbonyl (C=O) groups is 1. The van der Waals surface area contributed by atoms with Crippen molar-refractivity contribution in [2.24, 2.45) is 0 Å². The predicted molar refractivity (Wildman–Crippen MR) is 71.3 cm³/mol. The average Bonchev–Trinajstić information content (AvgIpc) is 2.77. The lowest BCUT2D eigenvalue weighted by atomic mass is 9.90. The molecule has 0 radical (unpaired) electrons. The topological polar surface area (TPSA) is 40.5 Å². The minimum absolute atomic E-state index is 0.207. The number of halogens is 2. The second-order valence-corrected chi connectivity index (χ2v) is 5.35. The molecular weight excluding hydrogens is 264 g/mol. The summed E-state index contributed by atoms with van der Waals surface area (Å²) in [5, 5.41) is 9.56. The lowest BCUT2D eigenvalue weighted by Gasteiger charge is -2.34. The molecule has 1 heterocycles. The molecule has 1 aromatic rings. The van der Waals surface area contributed by atoms with Gasteiger partial charge in [-0.15, -0.1) is 0 Å². The Hall–Kier alpha value is -1.49. The van der Waals surface area contributed by atoms with E-state index in [0.717, 1.165) is 18.9 Å². The quantitative estimate of drug-likeness (QED) is 0.902. The average molecular weight is 283 g/mol. The summed E-state index contributed by atoms with van der Waals surface area (Å²) in [5.41, 5.74) is -0.565. The normalized spacial score (nSPS) is 23.1. The highest BCUT2D eigenvalue weighted by Crippen LogP contribution is 2.35. The fourth-order valence-electron chi connectivity index (χ4n) is 3.07. The Balaban J connectivity index is 2.24. The lowest BCUT2D eigenvalue weighted by molar-refractivity contribution is -0.150. The molecule has 0 aromatic heterocycles. The van der Waals surface area contributed by atoms with Gasteiger partial charge in [0, 0.05) is 18.2 Å². The summed E-state index contributed by atoms with van der Waals surface area (Å²) in [7, 11) is 0. The summed E-state index contributed by atoms with van der Waals surface area (Å²) in [6.45, 7) is 2.78. The van der Waals surface area contributed by atoms with Crippen molar-refractivity contribution in [1.82, 2.24) is 4.90 Å². The number of rotatable bonds is 5. The van der Waals surface area contributed by atoms with Crippen molar-refractivity contribution in [3.8, 4) is 0 Å². The summed E-state index contributed by atoms with van der Waals surface area (Å²) in [4.78, 5) is 13.5. The Morgan fingerprint density at radius 2 is 2.20 bits per heavy atom. The largest absolute Gasteiger partial charge is 0.480 e. The van der Waals surface area contributed by atoms with Crippen LogP contribution in [0.3, 0.4) is 0 Å². The Morgan fingerprint density at radius 1 is 1.45 bits per heavy atom. The first kappa shape index (κ1) is 14.9. The minimum Gasteiger partial charge on any atom is -0.480 e. The highest BCUT2D eigenvalue weighted by molar-refractivity contribution is 5.79. The first-order valence-corrected chi connectivity index (χ1v) is 6.92. The van der Waals surface area contributed by atoms with Crippen molar-refractivity contribution >= 4 is 5.97 Å². The molecule has 2 rings (SSSR count). The van der Waals surface area contributed by atoms with Crippen LogP contribution in [0.25, 0.3) is 0 Å². The molecule has 1 aliphatic rings. The van der Waals surface area contributed by atoms with Gasteiger partial charge in [-0.2, -0.15) is 0 Å². The molecule has 1 aliphatic heterocycles. The zero-order chi connectivity index (χ0) is 14.8. The molecular formula is C15H19F2NO2. The molecule has 1 fully saturated rings. The number of carboxylic acids is 1. The third-order valence-corrected chi connectivity index (χ3v) is 4.06. The van der Waals surface area contributed by atoms with Crippen molar-refractivity contribution in [3.63, 3.8) is 0 Å². The zero-order valence-corrected chi connectivity index (χ0v) is 11.5. The van der Waals surface area contributed by atoms with Gasteiger partial charge in [-0.25, -0.2) is 8.78 Å². The van der Waals surface area contributed by atoms with Crippen LogP contribution in [-0.2, 0) is 11.3 Å². The second-order valence-electron chi connectivity index (χ2n) is 5.35. The van der Waals surface area contributed by atoms with Gasteiger partial charge in [-0.1, -0.05) is 19.4 Å². The molecule has 0 bridgehead atoms. The fraction of sp³-hybridized carbons (Fsp3) is 0.533. The summed E-state index contributed by atoms with van der Waals surface area (Å²) in [5.74, 6) is -2.09. The Labute approximate surface area is 117 Å². The minimum atomic E-state index is -0.907. The first-order valence-electron chi connectivity index (χ1n) is 6.92. The van der Waals surface area contributed by atoms with Crippen molar-refractivity contribution in [3.05, 3.63) is 35.4 Å². The molecule has 1 atom stereocenters. The smallest absolute Gasteiger partial charge is 0.324 e. The summed E-state index contributed by atoms with van der Waals surface area (Å²) in [6.07, 6.45) is 2.67. The van der Waals surface area contributed by atoms with Crippen LogP contribution < -0.4 is 0 Å². The molecule has 1 saturated heterocycles. The van der Waals surface area contributed by atoms with Gasteiger partial charge in [0.1, 0.15) is 17.2 Å². The van der Waals surface area contributed by atoms with Crippen LogP contribution in [0.4, 0.5) is 8.78 Å². The molecule has 1 N–H and O–H groups in total. The van der Waals surface area contributed by atoms with Gasteiger partial charge in [0.15, 0.2) is 0 Å². The van der Waals surface area contributed by atoms with Crippen molar-refractivity contribution in [1.29, 1.82) is 0 Å². The van der Waals surface area contributed by atoms with Crippen LogP contribution in [0.5, 0.6) is 0 Å². The van der Waals surface area contributed by atoms with E-state index in [1.807, 2.05) is 11.8 Å². The van der Waals surface area contributed by atoms with Gasteiger partial charge in [0.2, 0.25) is 0 Å². The molecule has 1 aromatic carbocycles. The number of aliphatic carboxylic acids is 1. The van der Waals surface area contributed by atoms with E-state index in [4.69, 9.17) is 0 Å². The SMILES string of the molecule is CCCC1(C(=O)O)CCCN1Cc1ccc(F)cc1F. The maximum Gasteiger partial charge on any atom is 0.324 e. The predicted octanol–water partition coefficient (Wildman–Crippen LogP) is 3.18. The maximum absolute atomic E-state index is 13.7. The molecule has 3 nitrogen and oxygen atoms in total. The second kappa shape index (κ2) is 5.87. The zero-order valence-electron chi connectivity index (χ0n) is 11.5. The summed E-state index contributed by atoms with van der Waals surface area (Å²) in [6, 6.07) is 3.44. The number of benzene rings is 1. The number of nitrogens with zero attached hydrogens (tertiary/aromatic N) is 1. The van der Waals surface area contributed by atoms with E-state index in [9.17, 15) is 18.7 Å². The molecule has 5 heteroatoms. The Morgan fingerprint density at radius 3 is 2.80 bits per heavy atom. The molecule has 0 aliphatic carbocycles. The van der Waals surface area contributed by atoms with Gasteiger partial charge in [-0.05, 0) is 31.9 Å². The van der Waals surface area contributed by atoms with E-state index in [1.54, 1.807) is 0 Å². The van der Waals surface area contributed by atoms with Crippen molar-refractivity contribution in [2.75, 3.05) is 6.54 Å². The van der Waals surface area contributed by atoms with Gasteiger partial charge >= 0.3 is 5.97 Å². The maximum atomic E-state index is 13.7. The summed E-state index contributed by atoms with van der Waals surface area (Å²) < 4.78 is 26.6. The Bertz CT molecular complexity index is 507. The third-order valence-electron chi connectivity index (χ3n) is 4.06. The van der Waals surface area contributed by atoms with E-state index < -0.39 is 23.1 Å². The van der Waals surface area contributed by atoms with Gasteiger partial charge in [-0.3, -0.25) is 9.69 Å². The fourth-order valence-corrected chi connectivity index (χ4v) is 3.07. The van der Waals surface area contributed by atoms with Crippen molar-refractivity contribution < 1.29 is 18.7 Å². The van der Waals surface area contributed by atoms with E-state index in [-0.39, 0.29) is 6.54 Å². The van der Waals surface area contributed by atoms with Crippen molar-refractivity contribution in [2.45, 2.75) is 44.7 Å². The first-order chi connectivity index (χ1) is 9.49. The van der Waals surface area contributed by atoms with Crippen LogP contribution in [0, 0.1) is 11.6 Å². The number of likely N-dealkylation sites (tertiary alicyclic amines) is 1. The number of hydrogen-bond acceptors (Lipinski definition) is 2. The van der Waals surface area contributed by atoms with Gasteiger partial charge in [0.05, 0.1) is 0 Å². The molecule has 0 spiro atoms. The molecule has 20 heavy (non-hydrogen) atoms. The number of carboxylic acid groups (broad SMARTS) is 1.